The highest BCUT2D eigenvalue weighted by Crippen LogP contribution is 2.34. The summed E-state index contributed by atoms with van der Waals surface area (Å²) in [7, 11) is 0. The lowest BCUT2D eigenvalue weighted by atomic mass is 9.75. The van der Waals surface area contributed by atoms with Crippen molar-refractivity contribution in [2.45, 2.75) is 32.7 Å². The number of hydrogen-bond acceptors (Lipinski definition) is 3. The molecule has 1 atom stereocenters. The molecule has 0 amide bonds. The first-order valence-electron chi connectivity index (χ1n) is 9.90. The number of piperidine rings is 1. The lowest BCUT2D eigenvalue weighted by Gasteiger charge is -2.42. The summed E-state index contributed by atoms with van der Waals surface area (Å²) in [6, 6.07) is 21.1. The summed E-state index contributed by atoms with van der Waals surface area (Å²) in [4.78, 5) is 7.30. The van der Waals surface area contributed by atoms with E-state index in [4.69, 9.17) is 4.98 Å². The highest BCUT2D eigenvalue weighted by molar-refractivity contribution is 5.78. The number of hydrogen-bond donors (Lipinski definition) is 1. The average Bonchev–Trinajstić information content (AvgIpc) is 2.70. The van der Waals surface area contributed by atoms with Gasteiger partial charge in [0.2, 0.25) is 0 Å². The van der Waals surface area contributed by atoms with Gasteiger partial charge in [0, 0.05) is 23.9 Å². The zero-order valence-electron chi connectivity index (χ0n) is 16.1. The standard InChI is InChI=1S/C24H28N2O/c1-19-7-2-3-9-21(19)15-24(18-27)13-6-14-26(17-24)16-22-12-11-20-8-4-5-10-23(20)25-22/h2-5,7-12,27H,6,13-18H2,1H3/t24-/m0/s1. The number of aliphatic hydroxyl groups is 1. The van der Waals surface area contributed by atoms with E-state index in [0.29, 0.717) is 0 Å². The first-order chi connectivity index (χ1) is 13.2. The molecule has 3 heteroatoms. The molecule has 0 saturated carbocycles. The number of pyridine rings is 1. The minimum absolute atomic E-state index is 0.0544. The van der Waals surface area contributed by atoms with Gasteiger partial charge in [0.25, 0.3) is 0 Å². The Morgan fingerprint density at radius 2 is 1.85 bits per heavy atom. The van der Waals surface area contributed by atoms with E-state index in [1.54, 1.807) is 0 Å². The van der Waals surface area contributed by atoms with Crippen molar-refractivity contribution in [2.75, 3.05) is 19.7 Å². The van der Waals surface area contributed by atoms with Crippen LogP contribution in [0.5, 0.6) is 0 Å². The van der Waals surface area contributed by atoms with Crippen LogP contribution in [-0.2, 0) is 13.0 Å². The number of aliphatic hydroxyl groups excluding tert-OH is 1. The number of benzene rings is 2. The number of para-hydroxylation sites is 1. The quantitative estimate of drug-likeness (QED) is 0.734. The lowest BCUT2D eigenvalue weighted by Crippen LogP contribution is -2.46. The van der Waals surface area contributed by atoms with Crippen LogP contribution in [-0.4, -0.2) is 34.7 Å². The molecule has 1 fully saturated rings. The summed E-state index contributed by atoms with van der Waals surface area (Å²) < 4.78 is 0. The van der Waals surface area contributed by atoms with Crippen molar-refractivity contribution in [2.24, 2.45) is 5.41 Å². The number of nitrogens with zero attached hydrogens (tertiary/aromatic N) is 2. The van der Waals surface area contributed by atoms with Crippen molar-refractivity contribution in [3.8, 4) is 0 Å². The molecule has 0 aliphatic carbocycles. The van der Waals surface area contributed by atoms with E-state index in [9.17, 15) is 5.11 Å². The number of likely N-dealkylation sites (tertiary alicyclic amines) is 1. The molecule has 2 heterocycles. The Morgan fingerprint density at radius 3 is 2.70 bits per heavy atom. The molecule has 1 aromatic heterocycles. The summed E-state index contributed by atoms with van der Waals surface area (Å²) in [6.45, 7) is 5.25. The normalized spacial score (nSPS) is 20.8. The second-order valence-corrected chi connectivity index (χ2v) is 8.07. The Kier molecular flexibility index (Phi) is 5.24. The third kappa shape index (κ3) is 4.05. The Morgan fingerprint density at radius 1 is 1.04 bits per heavy atom. The summed E-state index contributed by atoms with van der Waals surface area (Å²) in [6.07, 6.45) is 3.15. The number of aromatic nitrogens is 1. The van der Waals surface area contributed by atoms with E-state index in [1.807, 2.05) is 6.07 Å². The van der Waals surface area contributed by atoms with Crippen LogP contribution in [0.1, 0.15) is 29.7 Å². The molecule has 27 heavy (non-hydrogen) atoms. The highest BCUT2D eigenvalue weighted by atomic mass is 16.3. The maximum Gasteiger partial charge on any atom is 0.0705 e. The molecule has 3 aromatic rings. The SMILES string of the molecule is Cc1ccccc1C[C@@]1(CO)CCCN(Cc2ccc3ccccc3n2)C1. The maximum absolute atomic E-state index is 10.3. The van der Waals surface area contributed by atoms with Crippen molar-refractivity contribution in [3.05, 3.63) is 77.5 Å². The minimum Gasteiger partial charge on any atom is -0.396 e. The van der Waals surface area contributed by atoms with Gasteiger partial charge in [-0.25, -0.2) is 0 Å². The van der Waals surface area contributed by atoms with Gasteiger partial charge in [-0.3, -0.25) is 9.88 Å². The van der Waals surface area contributed by atoms with Gasteiger partial charge in [0.15, 0.2) is 0 Å². The number of rotatable bonds is 5. The number of fused-ring (bicyclic) bond motifs is 1. The monoisotopic (exact) mass is 360 g/mol. The van der Waals surface area contributed by atoms with Crippen LogP contribution in [0.4, 0.5) is 0 Å². The molecule has 1 aliphatic rings. The van der Waals surface area contributed by atoms with Crippen molar-refractivity contribution >= 4 is 10.9 Å². The second kappa shape index (κ2) is 7.79. The first kappa shape index (κ1) is 18.1. The summed E-state index contributed by atoms with van der Waals surface area (Å²) in [5.41, 5.74) is 4.79. The smallest absolute Gasteiger partial charge is 0.0705 e. The molecule has 0 radical (unpaired) electrons. The minimum atomic E-state index is -0.0544. The van der Waals surface area contributed by atoms with Gasteiger partial charge in [-0.05, 0) is 56.0 Å². The fourth-order valence-electron chi connectivity index (χ4n) is 4.41. The largest absolute Gasteiger partial charge is 0.396 e. The van der Waals surface area contributed by atoms with Crippen LogP contribution in [0, 0.1) is 12.3 Å². The Bertz CT molecular complexity index is 923. The van der Waals surface area contributed by atoms with E-state index in [0.717, 1.165) is 50.1 Å². The second-order valence-electron chi connectivity index (χ2n) is 8.07. The zero-order valence-corrected chi connectivity index (χ0v) is 16.1. The molecule has 0 spiro atoms. The summed E-state index contributed by atoms with van der Waals surface area (Å²) in [5.74, 6) is 0. The fourth-order valence-corrected chi connectivity index (χ4v) is 4.41. The molecule has 2 aromatic carbocycles. The van der Waals surface area contributed by atoms with Gasteiger partial charge in [0.1, 0.15) is 0 Å². The molecular weight excluding hydrogens is 332 g/mol. The van der Waals surface area contributed by atoms with Gasteiger partial charge in [-0.2, -0.15) is 0 Å². The lowest BCUT2D eigenvalue weighted by molar-refractivity contribution is 0.0283. The van der Waals surface area contributed by atoms with Crippen molar-refractivity contribution in [3.63, 3.8) is 0 Å². The van der Waals surface area contributed by atoms with E-state index in [1.165, 1.54) is 16.5 Å². The Labute approximate surface area is 161 Å². The van der Waals surface area contributed by atoms with Crippen LogP contribution in [0.15, 0.2) is 60.7 Å². The molecule has 1 aliphatic heterocycles. The molecule has 140 valence electrons. The van der Waals surface area contributed by atoms with Crippen LogP contribution in [0.3, 0.4) is 0 Å². The van der Waals surface area contributed by atoms with Crippen LogP contribution >= 0.6 is 0 Å². The summed E-state index contributed by atoms with van der Waals surface area (Å²) in [5, 5.41) is 11.5. The Balaban J connectivity index is 1.51. The van der Waals surface area contributed by atoms with Gasteiger partial charge >= 0.3 is 0 Å². The van der Waals surface area contributed by atoms with E-state index in [-0.39, 0.29) is 12.0 Å². The first-order valence-corrected chi connectivity index (χ1v) is 9.90. The van der Waals surface area contributed by atoms with Crippen molar-refractivity contribution in [1.29, 1.82) is 0 Å². The predicted octanol–water partition coefficient (Wildman–Crippen LogP) is 4.36. The highest BCUT2D eigenvalue weighted by Gasteiger charge is 2.35. The number of aryl methyl sites for hydroxylation is 1. The molecule has 0 unspecified atom stereocenters. The average molecular weight is 361 g/mol. The third-order valence-corrected chi connectivity index (χ3v) is 5.94. The van der Waals surface area contributed by atoms with E-state index >= 15 is 0 Å². The Hall–Kier alpha value is -2.23. The molecule has 1 saturated heterocycles. The van der Waals surface area contributed by atoms with Gasteiger partial charge in [-0.15, -0.1) is 0 Å². The molecular formula is C24H28N2O. The van der Waals surface area contributed by atoms with Crippen molar-refractivity contribution in [1.82, 2.24) is 9.88 Å². The predicted molar refractivity (Wildman–Crippen MR) is 111 cm³/mol. The van der Waals surface area contributed by atoms with Crippen molar-refractivity contribution < 1.29 is 5.11 Å². The van der Waals surface area contributed by atoms with Crippen LogP contribution < -0.4 is 0 Å². The van der Waals surface area contributed by atoms with Gasteiger partial charge < -0.3 is 5.11 Å². The van der Waals surface area contributed by atoms with E-state index in [2.05, 4.69) is 66.4 Å². The molecule has 3 nitrogen and oxygen atoms in total. The van der Waals surface area contributed by atoms with Gasteiger partial charge in [0.05, 0.1) is 17.8 Å². The third-order valence-electron chi connectivity index (χ3n) is 5.94. The molecule has 1 N–H and O–H groups in total. The van der Waals surface area contributed by atoms with Gasteiger partial charge in [-0.1, -0.05) is 48.5 Å². The topological polar surface area (TPSA) is 36.4 Å². The zero-order chi connectivity index (χ0) is 18.7. The summed E-state index contributed by atoms with van der Waals surface area (Å²) >= 11 is 0. The van der Waals surface area contributed by atoms with Crippen LogP contribution in [0.2, 0.25) is 0 Å². The maximum atomic E-state index is 10.3. The molecule has 0 bridgehead atoms. The molecule has 4 rings (SSSR count). The van der Waals surface area contributed by atoms with Crippen LogP contribution in [0.25, 0.3) is 10.9 Å². The van der Waals surface area contributed by atoms with E-state index < -0.39 is 0 Å². The fraction of sp³-hybridized carbons (Fsp3) is 0.375.